The predicted octanol–water partition coefficient (Wildman–Crippen LogP) is 8.44. The predicted molar refractivity (Wildman–Crippen MR) is 200 cm³/mol. The fourth-order valence-corrected chi connectivity index (χ4v) is 6.45. The summed E-state index contributed by atoms with van der Waals surface area (Å²) >= 11 is 0. The molecule has 5 rings (SSSR count). The molecule has 246 valence electrons. The Hall–Kier alpha value is -4.07. The quantitative estimate of drug-likeness (QED) is 0.275. The number of hydrazone groups is 1. The fraction of sp³-hybridized carbons (Fsp3) is 0.500. The molecule has 2 aromatic carbocycles. The van der Waals surface area contributed by atoms with E-state index in [1.54, 1.807) is 0 Å². The third-order valence-electron chi connectivity index (χ3n) is 8.57. The maximum atomic E-state index is 5.06. The molecule has 3 N–H and O–H groups in total. The van der Waals surface area contributed by atoms with Crippen LogP contribution in [0.4, 0.5) is 22.7 Å². The Bertz CT molecular complexity index is 1520. The molecule has 0 atom stereocenters. The van der Waals surface area contributed by atoms with Gasteiger partial charge in [-0.15, -0.1) is 0 Å². The van der Waals surface area contributed by atoms with Crippen molar-refractivity contribution in [1.29, 1.82) is 0 Å². The molecule has 2 aromatic rings. The zero-order valence-electron chi connectivity index (χ0n) is 29.1. The van der Waals surface area contributed by atoms with Crippen LogP contribution >= 0.6 is 0 Å². The van der Waals surface area contributed by atoms with Crippen molar-refractivity contribution in [3.63, 3.8) is 0 Å². The zero-order chi connectivity index (χ0) is 32.6. The Morgan fingerprint density at radius 3 is 1.72 bits per heavy atom. The van der Waals surface area contributed by atoms with E-state index in [0.717, 1.165) is 65.7 Å². The second-order valence-electron chi connectivity index (χ2n) is 13.5. The number of aliphatic imine (C=N–C) groups is 2. The molecule has 2 saturated heterocycles. The van der Waals surface area contributed by atoms with Gasteiger partial charge in [-0.1, -0.05) is 0 Å². The molecule has 46 heavy (non-hydrogen) atoms. The summed E-state index contributed by atoms with van der Waals surface area (Å²) < 4.78 is 0. The van der Waals surface area contributed by atoms with E-state index in [0.29, 0.717) is 11.7 Å². The summed E-state index contributed by atoms with van der Waals surface area (Å²) in [5.74, 6) is 1.35. The van der Waals surface area contributed by atoms with Crippen molar-refractivity contribution in [1.82, 2.24) is 5.43 Å². The number of allylic oxidation sites excluding steroid dienone is 3. The van der Waals surface area contributed by atoms with E-state index in [1.807, 2.05) is 13.8 Å². The zero-order valence-corrected chi connectivity index (χ0v) is 29.1. The van der Waals surface area contributed by atoms with Crippen molar-refractivity contribution in [2.24, 2.45) is 15.1 Å². The van der Waals surface area contributed by atoms with Crippen LogP contribution in [0.15, 0.2) is 69.2 Å². The number of benzene rings is 2. The standard InChI is InChI=1S/C38H54N8/c1-26(2)39-37-24-31(45-18-10-8-11-19-45)14-16-33(37)35-22-28(5)23-36(42-30(7)44-43-29(6)41-35)34-17-15-32(25-38(34)40-27(3)4)46-20-12-9-13-21-46/h14-17,22-27,39-40H,8-13,18-21H2,1-7H3,(H,41,43)/b28-23+,35-22-,42-36+,44-30+. The molecule has 0 bridgehead atoms. The van der Waals surface area contributed by atoms with Crippen LogP contribution < -0.4 is 25.9 Å². The molecule has 3 aliphatic heterocycles. The molecule has 3 aliphatic rings. The van der Waals surface area contributed by atoms with Crippen LogP contribution in [-0.4, -0.2) is 55.6 Å². The highest BCUT2D eigenvalue weighted by Gasteiger charge is 2.18. The summed E-state index contributed by atoms with van der Waals surface area (Å²) in [5, 5.41) is 12.0. The van der Waals surface area contributed by atoms with Gasteiger partial charge in [0.25, 0.3) is 0 Å². The second kappa shape index (κ2) is 15.5. The maximum Gasteiger partial charge on any atom is 0.146 e. The summed E-state index contributed by atoms with van der Waals surface area (Å²) in [6, 6.07) is 14.1. The molecule has 0 amide bonds. The molecule has 2 fully saturated rings. The first kappa shape index (κ1) is 33.3. The Morgan fingerprint density at radius 1 is 0.652 bits per heavy atom. The third-order valence-corrected chi connectivity index (χ3v) is 8.57. The molecule has 8 nitrogen and oxygen atoms in total. The molecule has 0 aromatic heterocycles. The minimum absolute atomic E-state index is 0.280. The minimum atomic E-state index is 0.280. The van der Waals surface area contributed by atoms with Gasteiger partial charge in [0.15, 0.2) is 0 Å². The topological polar surface area (TPSA) is 79.7 Å². The average Bonchev–Trinajstić information content (AvgIpc) is 3.05. The van der Waals surface area contributed by atoms with E-state index in [2.05, 4.69) is 114 Å². The highest BCUT2D eigenvalue weighted by molar-refractivity contribution is 6.17. The number of rotatable bonds is 8. The van der Waals surface area contributed by atoms with Gasteiger partial charge >= 0.3 is 0 Å². The molecular weight excluding hydrogens is 568 g/mol. The lowest BCUT2D eigenvalue weighted by Gasteiger charge is -2.30. The van der Waals surface area contributed by atoms with Crippen LogP contribution in [0.5, 0.6) is 0 Å². The summed E-state index contributed by atoms with van der Waals surface area (Å²) in [4.78, 5) is 15.1. The monoisotopic (exact) mass is 622 g/mol. The molecule has 0 unspecified atom stereocenters. The van der Waals surface area contributed by atoms with Crippen LogP contribution in [0.25, 0.3) is 5.70 Å². The van der Waals surface area contributed by atoms with Gasteiger partial charge in [-0.2, -0.15) is 5.10 Å². The number of amidine groups is 2. The van der Waals surface area contributed by atoms with Gasteiger partial charge < -0.3 is 20.4 Å². The highest BCUT2D eigenvalue weighted by Crippen LogP contribution is 2.33. The number of nitrogens with one attached hydrogen (secondary N) is 3. The number of hydrogen-bond donors (Lipinski definition) is 3. The SMILES string of the molecule is CC1=N\C(c2ccc(N3CCCCC3)cc2NC(C)C)=C/C(C)=C/C(c2ccc(N3CCCCC3)cc2NC(C)C)=N\C(C)=N\N1. The Kier molecular flexibility index (Phi) is 11.2. The average molecular weight is 623 g/mol. The van der Waals surface area contributed by atoms with E-state index >= 15 is 0 Å². The van der Waals surface area contributed by atoms with Gasteiger partial charge in [0.05, 0.1) is 11.4 Å². The maximum absolute atomic E-state index is 5.06. The minimum Gasteiger partial charge on any atom is -0.382 e. The molecule has 0 saturated carbocycles. The first-order valence-electron chi connectivity index (χ1n) is 17.3. The van der Waals surface area contributed by atoms with Crippen molar-refractivity contribution < 1.29 is 0 Å². The molecule has 0 spiro atoms. The van der Waals surface area contributed by atoms with Crippen molar-refractivity contribution in [3.05, 3.63) is 65.3 Å². The van der Waals surface area contributed by atoms with Crippen LogP contribution in [0, 0.1) is 0 Å². The van der Waals surface area contributed by atoms with Gasteiger partial charge in [0.2, 0.25) is 0 Å². The van der Waals surface area contributed by atoms with Crippen molar-refractivity contribution in [2.75, 3.05) is 46.6 Å². The first-order chi connectivity index (χ1) is 22.2. The van der Waals surface area contributed by atoms with Crippen molar-refractivity contribution in [2.45, 2.75) is 99.1 Å². The molecule has 0 radical (unpaired) electrons. The third kappa shape index (κ3) is 8.80. The molecule has 8 heteroatoms. The molecular formula is C38H54N8. The van der Waals surface area contributed by atoms with Crippen LogP contribution in [0.3, 0.4) is 0 Å². The Labute approximate surface area is 276 Å². The number of anilines is 4. The van der Waals surface area contributed by atoms with Crippen LogP contribution in [-0.2, 0) is 0 Å². The normalized spacial score (nSPS) is 22.7. The van der Waals surface area contributed by atoms with Gasteiger partial charge in [-0.05, 0) is 141 Å². The van der Waals surface area contributed by atoms with Gasteiger partial charge in [-0.3, -0.25) is 5.43 Å². The van der Waals surface area contributed by atoms with Crippen molar-refractivity contribution in [3.8, 4) is 0 Å². The number of piperidine rings is 2. The fourth-order valence-electron chi connectivity index (χ4n) is 6.45. The summed E-state index contributed by atoms with van der Waals surface area (Å²) in [6.07, 6.45) is 12.0. The van der Waals surface area contributed by atoms with E-state index < -0.39 is 0 Å². The molecule has 3 heterocycles. The first-order valence-corrected chi connectivity index (χ1v) is 17.3. The summed E-state index contributed by atoms with van der Waals surface area (Å²) in [5.41, 5.74) is 12.8. The second-order valence-corrected chi connectivity index (χ2v) is 13.5. The van der Waals surface area contributed by atoms with E-state index in [-0.39, 0.29) is 12.1 Å². The lowest BCUT2D eigenvalue weighted by molar-refractivity contribution is 0.578. The number of nitrogens with zero attached hydrogens (tertiary/aromatic N) is 5. The lowest BCUT2D eigenvalue weighted by atomic mass is 10.0. The highest BCUT2D eigenvalue weighted by atomic mass is 15.3. The van der Waals surface area contributed by atoms with E-state index in [4.69, 9.17) is 9.98 Å². The van der Waals surface area contributed by atoms with Gasteiger partial charge in [0, 0.05) is 72.1 Å². The Morgan fingerprint density at radius 2 is 1.17 bits per heavy atom. The van der Waals surface area contributed by atoms with E-state index in [9.17, 15) is 0 Å². The van der Waals surface area contributed by atoms with Crippen molar-refractivity contribution >= 4 is 45.8 Å². The summed E-state index contributed by atoms with van der Waals surface area (Å²) in [7, 11) is 0. The Balaban J connectivity index is 1.58. The lowest BCUT2D eigenvalue weighted by Crippen LogP contribution is -2.29. The smallest absolute Gasteiger partial charge is 0.146 e. The van der Waals surface area contributed by atoms with Crippen LogP contribution in [0.2, 0.25) is 0 Å². The van der Waals surface area contributed by atoms with Gasteiger partial charge in [0.1, 0.15) is 11.7 Å². The largest absolute Gasteiger partial charge is 0.382 e. The number of hydrogen-bond acceptors (Lipinski definition) is 8. The summed E-state index contributed by atoms with van der Waals surface area (Å²) in [6.45, 7) is 19.2. The van der Waals surface area contributed by atoms with Crippen LogP contribution in [0.1, 0.15) is 98.1 Å². The van der Waals surface area contributed by atoms with Gasteiger partial charge in [-0.25, -0.2) is 9.98 Å². The van der Waals surface area contributed by atoms with E-state index in [1.165, 1.54) is 49.9 Å². The molecule has 0 aliphatic carbocycles.